The molecule has 14 nitrogen and oxygen atoms in total. The number of hydrogen-bond acceptors (Lipinski definition) is 14. The van der Waals surface area contributed by atoms with Crippen molar-refractivity contribution in [2.45, 2.75) is 321 Å². The molecule has 14 heteroatoms. The van der Waals surface area contributed by atoms with Gasteiger partial charge in [-0.3, -0.25) is 24.5 Å². The summed E-state index contributed by atoms with van der Waals surface area (Å²) in [6.45, 7) is 72.4. The van der Waals surface area contributed by atoms with Crippen molar-refractivity contribution < 1.29 is 14.6 Å². The molecule has 0 aromatic heterocycles. The maximum absolute atomic E-state index is 8.94. The molecule has 7 aliphatic heterocycles. The molecule has 0 spiro atoms. The summed E-state index contributed by atoms with van der Waals surface area (Å²) in [6, 6.07) is 17.1. The minimum atomic E-state index is 0.332. The molecular weight excluding hydrogens is 1150 g/mol. The van der Waals surface area contributed by atoms with Crippen LogP contribution in [0.15, 0.2) is 42.5 Å². The number of aliphatic hydroxyl groups excluding tert-OH is 1. The molecule has 5 N–H and O–H groups in total. The lowest BCUT2D eigenvalue weighted by Gasteiger charge is -2.37. The Balaban J connectivity index is 0.00000102. The first kappa shape index (κ1) is 91.2. The quantitative estimate of drug-likeness (QED) is 0.141. The number of anilines is 1. The summed E-state index contributed by atoms with van der Waals surface area (Å²) in [5.74, 6) is 1.90. The molecule has 9 rings (SSSR count). The van der Waals surface area contributed by atoms with Gasteiger partial charge in [0.1, 0.15) is 0 Å². The van der Waals surface area contributed by atoms with Gasteiger partial charge in [-0.25, -0.2) is 0 Å². The summed E-state index contributed by atoms with van der Waals surface area (Å²) < 4.78 is 10.8. The fourth-order valence-corrected chi connectivity index (χ4v) is 12.7. The average molecular weight is 1320 g/mol. The van der Waals surface area contributed by atoms with Crippen LogP contribution in [-0.4, -0.2) is 255 Å². The second-order valence-corrected chi connectivity index (χ2v) is 31.1. The van der Waals surface area contributed by atoms with Gasteiger partial charge in [0.05, 0.1) is 32.0 Å². The predicted octanol–water partition coefficient (Wildman–Crippen LogP) is 14.8. The maximum Gasteiger partial charge on any atom is 0.0678 e. The lowest BCUT2D eigenvalue weighted by Crippen LogP contribution is -2.48. The number of para-hydroxylation sites is 1. The van der Waals surface area contributed by atoms with E-state index in [9.17, 15) is 0 Å². The molecule has 1 aliphatic carbocycles. The fraction of sp³-hybridized carbons (Fsp3) is 0.899. The molecule has 552 valence electrons. The minimum absolute atomic E-state index is 0.332. The highest BCUT2D eigenvalue weighted by molar-refractivity contribution is 5.42. The van der Waals surface area contributed by atoms with Crippen molar-refractivity contribution in [2.24, 2.45) is 17.6 Å². The van der Waals surface area contributed by atoms with Gasteiger partial charge in [-0.2, -0.15) is 0 Å². The van der Waals surface area contributed by atoms with E-state index in [-0.39, 0.29) is 0 Å². The van der Waals surface area contributed by atoms with Crippen LogP contribution in [0, 0.1) is 11.8 Å². The van der Waals surface area contributed by atoms with Gasteiger partial charge < -0.3 is 45.6 Å². The Bertz CT molecular complexity index is 1760. The summed E-state index contributed by atoms with van der Waals surface area (Å²) in [5, 5.41) is 15.8. The van der Waals surface area contributed by atoms with Crippen molar-refractivity contribution in [1.29, 1.82) is 0 Å². The third-order valence-corrected chi connectivity index (χ3v) is 18.6. The number of aliphatic hydroxyl groups is 1. The zero-order valence-corrected chi connectivity index (χ0v) is 66.2. The molecule has 7 heterocycles. The average Bonchev–Trinajstić information content (AvgIpc) is 2.93. The summed E-state index contributed by atoms with van der Waals surface area (Å²) in [7, 11) is 2.19. The summed E-state index contributed by atoms with van der Waals surface area (Å²) in [5.41, 5.74) is 6.30. The maximum atomic E-state index is 8.94. The number of likely N-dealkylation sites (N-methyl/N-ethyl adjacent to an activating group) is 1. The molecular formula is C79H163N11O3. The van der Waals surface area contributed by atoms with E-state index in [0.717, 1.165) is 81.9 Å². The largest absolute Gasteiger partial charge is 0.395 e. The Kier molecular flexibility index (Phi) is 55.0. The van der Waals surface area contributed by atoms with Crippen molar-refractivity contribution in [3.8, 4) is 0 Å². The van der Waals surface area contributed by atoms with Crippen molar-refractivity contribution in [2.75, 3.05) is 137 Å². The van der Waals surface area contributed by atoms with Gasteiger partial charge in [-0.05, 0) is 252 Å². The highest BCUT2D eigenvalue weighted by Crippen LogP contribution is 2.23. The number of hydrogen-bond donors (Lipinski definition) is 4. The fourth-order valence-electron chi connectivity index (χ4n) is 12.7. The standard InChI is InChI=1S/C10H21N.C9H19NO.C9H19N.C9H13N.C8H18N2.C8H17NO.C8H17N.C8H15N.C7H15NO.C3H9N/c1-9(2)11-8-10-6-4-3-5-7-10;1-7(2)10-5-8(3)11-9(4)6-10;1-8(2)10-6-4-5-9(3)7-10;1-8(2)10-9-6-4-3-5-7-9;1-8(2)10-6-4-9(3)5-7-10;1-7(2)9-5-3-4-8(9)6-10;2*1-8(2)9-6-4-3-5-7-9;1-7(2)8-3-5-9-6-4-8;1-3(2)4/h9-11H,3-8H2,1-2H3;7-9H,5-6H2,1-4H3;8-9H,4-7H2,1-3H3;3-8,10H,1-2H3;8H,4-7H2,1-3H3;7-8,10H,3-6H2,1-2H3;8H,3-7H2,1-2H3;3-4,8H,5-7H2,1-2H3;7H,3-6H2,1-2H3;3H,4H2,1-2H3. The van der Waals surface area contributed by atoms with Crippen LogP contribution in [0.1, 0.15) is 243 Å². The van der Waals surface area contributed by atoms with Crippen LogP contribution in [0.2, 0.25) is 0 Å². The number of piperidine rings is 2. The number of likely N-dealkylation sites (tertiary alicyclic amines) is 3. The van der Waals surface area contributed by atoms with Crippen LogP contribution < -0.4 is 16.4 Å². The third-order valence-electron chi connectivity index (χ3n) is 18.6. The second kappa shape index (κ2) is 56.0. The van der Waals surface area contributed by atoms with Crippen molar-refractivity contribution in [1.82, 2.24) is 44.5 Å². The van der Waals surface area contributed by atoms with Gasteiger partial charge in [-0.1, -0.05) is 90.7 Å². The normalized spacial score (nSPS) is 23.3. The molecule has 8 aliphatic rings. The molecule has 4 unspecified atom stereocenters. The number of piperazine rings is 1. The summed E-state index contributed by atoms with van der Waals surface area (Å²) in [6.07, 6.45) is 23.4. The Morgan fingerprint density at radius 3 is 1.33 bits per heavy atom. The molecule has 0 bridgehead atoms. The first-order valence-corrected chi connectivity index (χ1v) is 38.6. The molecule has 1 saturated carbocycles. The monoisotopic (exact) mass is 1310 g/mol. The lowest BCUT2D eigenvalue weighted by atomic mass is 9.89. The molecule has 0 amide bonds. The Hall–Kier alpha value is -1.76. The number of ether oxygens (including phenoxy) is 2. The lowest BCUT2D eigenvalue weighted by molar-refractivity contribution is -0.0764. The van der Waals surface area contributed by atoms with Crippen LogP contribution in [0.25, 0.3) is 0 Å². The number of morpholine rings is 2. The summed E-state index contributed by atoms with van der Waals surface area (Å²) in [4.78, 5) is 19.8. The van der Waals surface area contributed by atoms with Gasteiger partial charge in [0, 0.05) is 138 Å². The van der Waals surface area contributed by atoms with Crippen molar-refractivity contribution >= 4 is 5.69 Å². The number of nitrogens with zero attached hydrogens (tertiary/aromatic N) is 8. The van der Waals surface area contributed by atoms with Gasteiger partial charge >= 0.3 is 0 Å². The first-order valence-electron chi connectivity index (χ1n) is 38.6. The molecule has 93 heavy (non-hydrogen) atoms. The predicted molar refractivity (Wildman–Crippen MR) is 411 cm³/mol. The van der Waals surface area contributed by atoms with Gasteiger partial charge in [0.25, 0.3) is 0 Å². The molecule has 4 atom stereocenters. The van der Waals surface area contributed by atoms with Gasteiger partial charge in [0.15, 0.2) is 0 Å². The van der Waals surface area contributed by atoms with E-state index in [1.807, 2.05) is 32.0 Å². The van der Waals surface area contributed by atoms with E-state index in [1.54, 1.807) is 0 Å². The third kappa shape index (κ3) is 49.4. The Morgan fingerprint density at radius 1 is 0.473 bits per heavy atom. The van der Waals surface area contributed by atoms with E-state index in [0.29, 0.717) is 61.1 Å². The molecule has 1 aromatic rings. The van der Waals surface area contributed by atoms with Crippen molar-refractivity contribution in [3.05, 3.63) is 42.5 Å². The Morgan fingerprint density at radius 2 is 0.946 bits per heavy atom. The zero-order valence-electron chi connectivity index (χ0n) is 66.2. The van der Waals surface area contributed by atoms with Crippen LogP contribution in [0.4, 0.5) is 5.69 Å². The molecule has 0 radical (unpaired) electrons. The van der Waals surface area contributed by atoms with E-state index < -0.39 is 0 Å². The van der Waals surface area contributed by atoms with E-state index in [1.165, 1.54) is 161 Å². The Labute approximate surface area is 580 Å². The van der Waals surface area contributed by atoms with E-state index in [4.69, 9.17) is 20.3 Å². The van der Waals surface area contributed by atoms with Gasteiger partial charge in [-0.15, -0.1) is 0 Å². The SMILES string of the molecule is CC(C)N.CC(C)N1CC=CCC1.CC(C)N1CCCC1CO.CC(C)N1CCCCC1.CC(C)N1CCN(C)CC1.CC(C)N1CCOCC1.CC(C)NCC1CCCCC1.CC(C)Nc1ccccc1.CC1CCCN(C(C)C)C1.CC1CN(C(C)C)CC(C)O1. The molecule has 6 saturated heterocycles. The minimum Gasteiger partial charge on any atom is -0.395 e. The highest BCUT2D eigenvalue weighted by Gasteiger charge is 2.26. The van der Waals surface area contributed by atoms with Crippen LogP contribution >= 0.6 is 0 Å². The molecule has 1 aromatic carbocycles. The number of rotatable bonds is 13. The van der Waals surface area contributed by atoms with Crippen molar-refractivity contribution in [3.63, 3.8) is 0 Å². The van der Waals surface area contributed by atoms with Crippen LogP contribution in [-0.2, 0) is 9.47 Å². The first-order chi connectivity index (χ1) is 44.0. The van der Waals surface area contributed by atoms with Gasteiger partial charge in [0.2, 0.25) is 0 Å². The number of nitrogens with two attached hydrogens (primary N) is 1. The number of benzene rings is 1. The smallest absolute Gasteiger partial charge is 0.0678 e. The summed E-state index contributed by atoms with van der Waals surface area (Å²) >= 11 is 0. The second-order valence-electron chi connectivity index (χ2n) is 31.1. The zero-order chi connectivity index (χ0) is 70.3. The van der Waals surface area contributed by atoms with E-state index in [2.05, 4.69) is 227 Å². The van der Waals surface area contributed by atoms with E-state index >= 15 is 0 Å². The molecule has 7 fully saturated rings. The number of nitrogens with one attached hydrogen (secondary N) is 2. The van der Waals surface area contributed by atoms with Crippen LogP contribution in [0.3, 0.4) is 0 Å². The highest BCUT2D eigenvalue weighted by atomic mass is 16.5. The van der Waals surface area contributed by atoms with Crippen LogP contribution in [0.5, 0.6) is 0 Å². The topological polar surface area (TPSA) is 115 Å².